The Morgan fingerprint density at radius 1 is 1.27 bits per heavy atom. The predicted molar refractivity (Wildman–Crippen MR) is 106 cm³/mol. The number of amides is 1. The fourth-order valence-corrected chi connectivity index (χ4v) is 4.48. The molecule has 1 aromatic carbocycles. The second-order valence-corrected chi connectivity index (χ2v) is 8.14. The number of carbonyl (C=O) groups excluding carboxylic acids is 1. The third-order valence-electron chi connectivity index (χ3n) is 4.60. The van der Waals surface area contributed by atoms with Crippen LogP contribution in [0, 0.1) is 5.92 Å². The number of benzene rings is 1. The molecule has 0 aliphatic carbocycles. The normalized spacial score (nSPS) is 17.9. The van der Waals surface area contributed by atoms with Gasteiger partial charge in [0.1, 0.15) is 5.01 Å². The Balaban J connectivity index is 1.35. The van der Waals surface area contributed by atoms with E-state index in [0.717, 1.165) is 54.4 Å². The van der Waals surface area contributed by atoms with E-state index in [1.807, 2.05) is 46.7 Å². The molecule has 2 aromatic heterocycles. The third kappa shape index (κ3) is 4.17. The lowest BCUT2D eigenvalue weighted by molar-refractivity contribution is -0.121. The molecule has 134 valence electrons. The first-order valence-corrected chi connectivity index (χ1v) is 10.5. The molecule has 0 spiro atoms. The number of piperidine rings is 1. The van der Waals surface area contributed by atoms with E-state index in [-0.39, 0.29) is 11.8 Å². The summed E-state index contributed by atoms with van der Waals surface area (Å²) in [7, 11) is 0. The van der Waals surface area contributed by atoms with E-state index in [4.69, 9.17) is 0 Å². The van der Waals surface area contributed by atoms with Gasteiger partial charge in [-0.15, -0.1) is 22.7 Å². The van der Waals surface area contributed by atoms with Crippen molar-refractivity contribution in [3.8, 4) is 11.3 Å². The maximum atomic E-state index is 12.7. The number of hydrogen-bond donors (Lipinski definition) is 1. The van der Waals surface area contributed by atoms with E-state index in [1.54, 1.807) is 22.7 Å². The maximum Gasteiger partial charge on any atom is 0.228 e. The van der Waals surface area contributed by atoms with Gasteiger partial charge >= 0.3 is 0 Å². The maximum absolute atomic E-state index is 12.7. The molecule has 0 saturated carbocycles. The van der Waals surface area contributed by atoms with E-state index in [2.05, 4.69) is 20.2 Å². The van der Waals surface area contributed by atoms with E-state index in [9.17, 15) is 4.79 Å². The van der Waals surface area contributed by atoms with Crippen LogP contribution in [0.15, 0.2) is 46.7 Å². The lowest BCUT2D eigenvalue weighted by atomic mass is 9.97. The topological polar surface area (TPSA) is 58.1 Å². The highest BCUT2D eigenvalue weighted by Crippen LogP contribution is 2.23. The van der Waals surface area contributed by atoms with Crippen molar-refractivity contribution >= 4 is 34.3 Å². The first-order chi connectivity index (χ1) is 12.8. The van der Waals surface area contributed by atoms with Crippen LogP contribution in [0.4, 0.5) is 5.69 Å². The van der Waals surface area contributed by atoms with Crippen molar-refractivity contribution in [3.05, 3.63) is 51.7 Å². The van der Waals surface area contributed by atoms with Crippen molar-refractivity contribution in [1.82, 2.24) is 14.9 Å². The van der Waals surface area contributed by atoms with Gasteiger partial charge in [-0.25, -0.2) is 9.97 Å². The van der Waals surface area contributed by atoms with Crippen molar-refractivity contribution in [2.24, 2.45) is 5.92 Å². The van der Waals surface area contributed by atoms with Crippen LogP contribution in [0.3, 0.4) is 0 Å². The summed E-state index contributed by atoms with van der Waals surface area (Å²) in [5, 5.41) is 8.20. The van der Waals surface area contributed by atoms with Gasteiger partial charge in [0.2, 0.25) is 5.91 Å². The van der Waals surface area contributed by atoms with Crippen LogP contribution in [-0.2, 0) is 11.3 Å². The Morgan fingerprint density at radius 3 is 2.88 bits per heavy atom. The fraction of sp³-hybridized carbons (Fsp3) is 0.316. The van der Waals surface area contributed by atoms with E-state index >= 15 is 0 Å². The van der Waals surface area contributed by atoms with Crippen LogP contribution in [0.1, 0.15) is 17.8 Å². The molecule has 1 unspecified atom stereocenters. The zero-order valence-corrected chi connectivity index (χ0v) is 15.9. The zero-order chi connectivity index (χ0) is 17.8. The molecule has 26 heavy (non-hydrogen) atoms. The lowest BCUT2D eigenvalue weighted by Crippen LogP contribution is -2.40. The summed E-state index contributed by atoms with van der Waals surface area (Å²) in [6.07, 6.45) is 3.83. The summed E-state index contributed by atoms with van der Waals surface area (Å²) < 4.78 is 0. The van der Waals surface area contributed by atoms with Crippen LogP contribution in [0.5, 0.6) is 0 Å². The van der Waals surface area contributed by atoms with E-state index < -0.39 is 0 Å². The molecule has 3 aromatic rings. The van der Waals surface area contributed by atoms with Gasteiger partial charge in [0.15, 0.2) is 0 Å². The van der Waals surface area contributed by atoms with Crippen LogP contribution >= 0.6 is 22.7 Å². The zero-order valence-electron chi connectivity index (χ0n) is 14.3. The highest BCUT2D eigenvalue weighted by molar-refractivity contribution is 7.09. The summed E-state index contributed by atoms with van der Waals surface area (Å²) in [6.45, 7) is 2.66. The van der Waals surface area contributed by atoms with Gasteiger partial charge in [-0.1, -0.05) is 12.1 Å². The molecule has 1 saturated heterocycles. The highest BCUT2D eigenvalue weighted by atomic mass is 32.1. The molecule has 1 fully saturated rings. The van der Waals surface area contributed by atoms with Crippen molar-refractivity contribution in [2.75, 3.05) is 18.4 Å². The molecule has 0 radical (unpaired) electrons. The smallest absolute Gasteiger partial charge is 0.228 e. The number of thiazole rings is 2. The number of rotatable bonds is 5. The second-order valence-electron chi connectivity index (χ2n) is 6.44. The SMILES string of the molecule is O=C(Nc1ccc(-c2cscn2)cc1)C1CCCN(Cc2nccs2)C1. The molecule has 0 bridgehead atoms. The van der Waals surface area contributed by atoms with E-state index in [0.29, 0.717) is 0 Å². The molecule has 1 atom stereocenters. The molecule has 3 heterocycles. The Hall–Kier alpha value is -2.09. The number of nitrogens with zero attached hydrogens (tertiary/aromatic N) is 3. The number of hydrogen-bond acceptors (Lipinski definition) is 6. The Bertz CT molecular complexity index is 831. The summed E-state index contributed by atoms with van der Waals surface area (Å²) in [4.78, 5) is 23.7. The van der Waals surface area contributed by atoms with Crippen LogP contribution < -0.4 is 5.32 Å². The summed E-state index contributed by atoms with van der Waals surface area (Å²) in [5.74, 6) is 0.136. The van der Waals surface area contributed by atoms with Gasteiger partial charge in [0.05, 0.1) is 23.7 Å². The Labute approximate surface area is 160 Å². The Morgan fingerprint density at radius 2 is 2.15 bits per heavy atom. The standard InChI is InChI=1S/C19H20N4OS2/c24-19(15-2-1-8-23(10-15)11-18-20-7-9-26-18)22-16-5-3-14(4-6-16)17-12-25-13-21-17/h3-7,9,12-13,15H,1-2,8,10-11H2,(H,22,24). The van der Waals surface area contributed by atoms with Gasteiger partial charge in [0, 0.05) is 34.8 Å². The molecule has 7 heteroatoms. The predicted octanol–water partition coefficient (Wildman–Crippen LogP) is 4.12. The molecule has 1 N–H and O–H groups in total. The van der Waals surface area contributed by atoms with Crippen molar-refractivity contribution in [2.45, 2.75) is 19.4 Å². The number of carbonyl (C=O) groups is 1. The van der Waals surface area contributed by atoms with E-state index in [1.165, 1.54) is 0 Å². The summed E-state index contributed by atoms with van der Waals surface area (Å²) >= 11 is 3.25. The molecular formula is C19H20N4OS2. The number of likely N-dealkylation sites (tertiary alicyclic amines) is 1. The molecular weight excluding hydrogens is 364 g/mol. The highest BCUT2D eigenvalue weighted by Gasteiger charge is 2.26. The second kappa shape index (κ2) is 8.07. The molecule has 1 amide bonds. The summed E-state index contributed by atoms with van der Waals surface area (Å²) in [6, 6.07) is 7.89. The monoisotopic (exact) mass is 384 g/mol. The van der Waals surface area contributed by atoms with Gasteiger partial charge in [0.25, 0.3) is 0 Å². The first kappa shape index (κ1) is 17.3. The molecule has 5 nitrogen and oxygen atoms in total. The minimum atomic E-state index is 0.0296. The average molecular weight is 385 g/mol. The molecule has 1 aliphatic heterocycles. The Kier molecular flexibility index (Phi) is 5.38. The third-order valence-corrected chi connectivity index (χ3v) is 5.95. The first-order valence-electron chi connectivity index (χ1n) is 8.68. The van der Waals surface area contributed by atoms with Gasteiger partial charge in [-0.3, -0.25) is 9.69 Å². The van der Waals surface area contributed by atoms with Gasteiger partial charge in [-0.05, 0) is 31.5 Å². The minimum absolute atomic E-state index is 0.0296. The minimum Gasteiger partial charge on any atom is -0.326 e. The molecule has 4 rings (SSSR count). The quantitative estimate of drug-likeness (QED) is 0.719. The van der Waals surface area contributed by atoms with Crippen LogP contribution in [0.25, 0.3) is 11.3 Å². The number of nitrogens with one attached hydrogen (secondary N) is 1. The van der Waals surface area contributed by atoms with Crippen molar-refractivity contribution in [3.63, 3.8) is 0 Å². The largest absolute Gasteiger partial charge is 0.326 e. The van der Waals surface area contributed by atoms with Crippen LogP contribution in [0.2, 0.25) is 0 Å². The number of anilines is 1. The fourth-order valence-electron chi connectivity index (χ4n) is 3.26. The lowest BCUT2D eigenvalue weighted by Gasteiger charge is -2.31. The van der Waals surface area contributed by atoms with Crippen LogP contribution in [-0.4, -0.2) is 33.9 Å². The van der Waals surface area contributed by atoms with Crippen molar-refractivity contribution < 1.29 is 4.79 Å². The number of aromatic nitrogens is 2. The molecule has 1 aliphatic rings. The van der Waals surface area contributed by atoms with Gasteiger partial charge in [-0.2, -0.15) is 0 Å². The average Bonchev–Trinajstić information content (AvgIpc) is 3.36. The van der Waals surface area contributed by atoms with Gasteiger partial charge < -0.3 is 5.32 Å². The summed E-state index contributed by atoms with van der Waals surface area (Å²) in [5.41, 5.74) is 4.70. The van der Waals surface area contributed by atoms with Crippen molar-refractivity contribution in [1.29, 1.82) is 0 Å².